The molecule has 0 spiro atoms. The predicted octanol–water partition coefficient (Wildman–Crippen LogP) is 0.242. The van der Waals surface area contributed by atoms with Gasteiger partial charge in [0.1, 0.15) is 0 Å². The number of nitrogens with two attached hydrogens (primary N) is 1. The van der Waals surface area contributed by atoms with Crippen molar-refractivity contribution in [3.63, 3.8) is 0 Å². The number of hydrogen-bond acceptors (Lipinski definition) is 3. The monoisotopic (exact) mass is 253 g/mol. The first kappa shape index (κ1) is 13.3. The molecule has 3 N–H and O–H groups in total. The summed E-state index contributed by atoms with van der Waals surface area (Å²) in [5, 5.41) is 2.79. The molecule has 0 radical (unpaired) electrons. The van der Waals surface area contributed by atoms with Crippen LogP contribution in [0.4, 0.5) is 0 Å². The number of amides is 2. The molecule has 5 heteroatoms. The highest BCUT2D eigenvalue weighted by molar-refractivity contribution is 5.86. The van der Waals surface area contributed by atoms with Crippen LogP contribution < -0.4 is 11.1 Å². The number of nitrogens with one attached hydrogen (secondary N) is 1. The number of carbonyl (C=O) groups is 2. The van der Waals surface area contributed by atoms with Gasteiger partial charge in [0.25, 0.3) is 0 Å². The van der Waals surface area contributed by atoms with Gasteiger partial charge in [0.05, 0.1) is 12.5 Å². The SMILES string of the molecule is NC1CCCCCC1C(=O)N1CCCNC(=O)C1. The van der Waals surface area contributed by atoms with E-state index < -0.39 is 0 Å². The minimum absolute atomic E-state index is 0.0358. The molecule has 0 aromatic heterocycles. The van der Waals surface area contributed by atoms with Crippen LogP contribution in [0.2, 0.25) is 0 Å². The molecule has 1 heterocycles. The van der Waals surface area contributed by atoms with Gasteiger partial charge in [0.15, 0.2) is 0 Å². The van der Waals surface area contributed by atoms with E-state index in [-0.39, 0.29) is 30.3 Å². The van der Waals surface area contributed by atoms with Crippen molar-refractivity contribution < 1.29 is 9.59 Å². The molecule has 1 saturated carbocycles. The van der Waals surface area contributed by atoms with Gasteiger partial charge < -0.3 is 16.0 Å². The van der Waals surface area contributed by atoms with Crippen molar-refractivity contribution in [2.75, 3.05) is 19.6 Å². The Kier molecular flexibility index (Phi) is 4.58. The molecular formula is C13H23N3O2. The minimum atomic E-state index is -0.0848. The second-order valence-electron chi connectivity index (χ2n) is 5.37. The van der Waals surface area contributed by atoms with Crippen molar-refractivity contribution in [2.24, 2.45) is 11.7 Å². The molecule has 1 saturated heterocycles. The number of hydrogen-bond donors (Lipinski definition) is 2. The third-order valence-corrected chi connectivity index (χ3v) is 3.96. The first-order valence-electron chi connectivity index (χ1n) is 6.99. The molecule has 2 fully saturated rings. The average Bonchev–Trinajstić information content (AvgIpc) is 2.68. The molecular weight excluding hydrogens is 230 g/mol. The van der Waals surface area contributed by atoms with E-state index in [4.69, 9.17) is 5.73 Å². The van der Waals surface area contributed by atoms with Gasteiger partial charge in [-0.2, -0.15) is 0 Å². The van der Waals surface area contributed by atoms with Gasteiger partial charge in [-0.3, -0.25) is 9.59 Å². The summed E-state index contributed by atoms with van der Waals surface area (Å²) in [6.45, 7) is 1.53. The average molecular weight is 253 g/mol. The topological polar surface area (TPSA) is 75.4 Å². The molecule has 1 aliphatic heterocycles. The fraction of sp³-hybridized carbons (Fsp3) is 0.846. The lowest BCUT2D eigenvalue weighted by molar-refractivity contribution is -0.139. The molecule has 2 amide bonds. The van der Waals surface area contributed by atoms with Crippen LogP contribution in [0.3, 0.4) is 0 Å². The van der Waals surface area contributed by atoms with Gasteiger partial charge in [-0.05, 0) is 19.3 Å². The molecule has 0 aromatic carbocycles. The Morgan fingerprint density at radius 2 is 2.00 bits per heavy atom. The van der Waals surface area contributed by atoms with Crippen molar-refractivity contribution in [1.82, 2.24) is 10.2 Å². The zero-order chi connectivity index (χ0) is 13.0. The van der Waals surface area contributed by atoms with Gasteiger partial charge >= 0.3 is 0 Å². The summed E-state index contributed by atoms with van der Waals surface area (Å²) in [7, 11) is 0. The zero-order valence-electron chi connectivity index (χ0n) is 10.9. The number of carbonyl (C=O) groups excluding carboxylic acids is 2. The molecule has 102 valence electrons. The van der Waals surface area contributed by atoms with E-state index >= 15 is 0 Å². The van der Waals surface area contributed by atoms with E-state index in [0.717, 1.165) is 38.5 Å². The maximum atomic E-state index is 12.5. The molecule has 18 heavy (non-hydrogen) atoms. The predicted molar refractivity (Wildman–Crippen MR) is 68.8 cm³/mol. The van der Waals surface area contributed by atoms with Crippen LogP contribution >= 0.6 is 0 Å². The lowest BCUT2D eigenvalue weighted by atomic mass is 9.94. The second kappa shape index (κ2) is 6.18. The smallest absolute Gasteiger partial charge is 0.239 e. The Hall–Kier alpha value is -1.10. The summed E-state index contributed by atoms with van der Waals surface area (Å²) >= 11 is 0. The zero-order valence-corrected chi connectivity index (χ0v) is 10.9. The van der Waals surface area contributed by atoms with Crippen molar-refractivity contribution in [3.8, 4) is 0 Å². The summed E-state index contributed by atoms with van der Waals surface area (Å²) < 4.78 is 0. The molecule has 1 aliphatic carbocycles. The highest BCUT2D eigenvalue weighted by Crippen LogP contribution is 2.24. The largest absolute Gasteiger partial charge is 0.354 e. The highest BCUT2D eigenvalue weighted by Gasteiger charge is 2.31. The summed E-state index contributed by atoms with van der Waals surface area (Å²) in [4.78, 5) is 25.7. The Labute approximate surface area is 108 Å². The molecule has 2 atom stereocenters. The van der Waals surface area contributed by atoms with E-state index in [0.29, 0.717) is 13.1 Å². The summed E-state index contributed by atoms with van der Waals surface area (Å²) in [5.41, 5.74) is 6.11. The van der Waals surface area contributed by atoms with Crippen LogP contribution in [0.1, 0.15) is 38.5 Å². The molecule has 0 aromatic rings. The maximum Gasteiger partial charge on any atom is 0.239 e. The van der Waals surface area contributed by atoms with Crippen LogP contribution in [0, 0.1) is 5.92 Å². The summed E-state index contributed by atoms with van der Waals surface area (Å²) in [5.74, 6) is -0.0529. The molecule has 0 bridgehead atoms. The van der Waals surface area contributed by atoms with Crippen LogP contribution in [-0.4, -0.2) is 42.4 Å². The van der Waals surface area contributed by atoms with E-state index in [9.17, 15) is 9.59 Å². The molecule has 2 rings (SSSR count). The Balaban J connectivity index is 2.01. The van der Waals surface area contributed by atoms with Crippen molar-refractivity contribution in [1.29, 1.82) is 0 Å². The van der Waals surface area contributed by atoms with Crippen LogP contribution in [0.15, 0.2) is 0 Å². The fourth-order valence-electron chi connectivity index (χ4n) is 2.87. The van der Waals surface area contributed by atoms with Crippen molar-refractivity contribution in [2.45, 2.75) is 44.6 Å². The van der Waals surface area contributed by atoms with E-state index in [2.05, 4.69) is 5.32 Å². The van der Waals surface area contributed by atoms with Gasteiger partial charge in [-0.25, -0.2) is 0 Å². The van der Waals surface area contributed by atoms with Crippen LogP contribution in [0.25, 0.3) is 0 Å². The summed E-state index contributed by atoms with van der Waals surface area (Å²) in [6, 6.07) is -0.0358. The lowest BCUT2D eigenvalue weighted by Crippen LogP contribution is -2.46. The third-order valence-electron chi connectivity index (χ3n) is 3.96. The normalized spacial score (nSPS) is 30.3. The van der Waals surface area contributed by atoms with Gasteiger partial charge in [0, 0.05) is 19.1 Å². The Morgan fingerprint density at radius 3 is 2.83 bits per heavy atom. The van der Waals surface area contributed by atoms with Gasteiger partial charge in [-0.15, -0.1) is 0 Å². The van der Waals surface area contributed by atoms with Gasteiger partial charge in [0.2, 0.25) is 11.8 Å². The highest BCUT2D eigenvalue weighted by atomic mass is 16.2. The van der Waals surface area contributed by atoms with Crippen LogP contribution in [-0.2, 0) is 9.59 Å². The Bertz CT molecular complexity index is 319. The van der Waals surface area contributed by atoms with E-state index in [1.807, 2.05) is 0 Å². The van der Waals surface area contributed by atoms with Crippen molar-refractivity contribution in [3.05, 3.63) is 0 Å². The lowest BCUT2D eigenvalue weighted by Gasteiger charge is -2.27. The first-order chi connectivity index (χ1) is 8.68. The molecule has 5 nitrogen and oxygen atoms in total. The number of nitrogens with zero attached hydrogens (tertiary/aromatic N) is 1. The standard InChI is InChI=1S/C13H23N3O2/c14-11-6-3-1-2-5-10(11)13(18)16-8-4-7-15-12(17)9-16/h10-11H,1-9,14H2,(H,15,17). The first-order valence-corrected chi connectivity index (χ1v) is 6.99. The molecule has 2 aliphatic rings. The molecule has 2 unspecified atom stereocenters. The maximum absolute atomic E-state index is 12.5. The Morgan fingerprint density at radius 1 is 1.22 bits per heavy atom. The van der Waals surface area contributed by atoms with E-state index in [1.165, 1.54) is 0 Å². The number of rotatable bonds is 1. The summed E-state index contributed by atoms with van der Waals surface area (Å²) in [6.07, 6.45) is 5.99. The van der Waals surface area contributed by atoms with E-state index in [1.54, 1.807) is 4.90 Å². The van der Waals surface area contributed by atoms with Crippen molar-refractivity contribution >= 4 is 11.8 Å². The third kappa shape index (κ3) is 3.22. The van der Waals surface area contributed by atoms with Crippen LogP contribution in [0.5, 0.6) is 0 Å². The minimum Gasteiger partial charge on any atom is -0.354 e. The van der Waals surface area contributed by atoms with Gasteiger partial charge in [-0.1, -0.05) is 19.3 Å². The quantitative estimate of drug-likeness (QED) is 0.657. The second-order valence-corrected chi connectivity index (χ2v) is 5.37. The fourth-order valence-corrected chi connectivity index (χ4v) is 2.87.